The second-order valence-corrected chi connectivity index (χ2v) is 7.02. The van der Waals surface area contributed by atoms with Gasteiger partial charge in [0.1, 0.15) is 17.1 Å². The Morgan fingerprint density at radius 1 is 1.30 bits per heavy atom. The number of hydrogen-bond donors (Lipinski definition) is 0. The van der Waals surface area contributed by atoms with E-state index in [2.05, 4.69) is 20.9 Å². The van der Waals surface area contributed by atoms with Crippen molar-refractivity contribution in [2.45, 2.75) is 19.0 Å². The number of aromatic nitrogens is 1. The van der Waals surface area contributed by atoms with E-state index in [0.717, 1.165) is 0 Å². The minimum atomic E-state index is -4.34. The summed E-state index contributed by atoms with van der Waals surface area (Å²) in [4.78, 5) is 18.0. The van der Waals surface area contributed by atoms with Crippen LogP contribution in [0.4, 0.5) is 17.6 Å². The van der Waals surface area contributed by atoms with E-state index < -0.39 is 30.4 Å². The molecule has 2 aromatic rings. The van der Waals surface area contributed by atoms with Crippen LogP contribution < -0.4 is 4.74 Å². The maximum absolute atomic E-state index is 13.2. The maximum atomic E-state index is 13.2. The lowest BCUT2D eigenvalue weighted by atomic mass is 9.97. The predicted molar refractivity (Wildman–Crippen MR) is 93.1 cm³/mol. The summed E-state index contributed by atoms with van der Waals surface area (Å²) in [6, 6.07) is 6.69. The highest BCUT2D eigenvalue weighted by Crippen LogP contribution is 2.35. The van der Waals surface area contributed by atoms with Crippen LogP contribution in [0.25, 0.3) is 0 Å². The Hall–Kier alpha value is -2.16. The molecule has 3 rings (SSSR count). The van der Waals surface area contributed by atoms with Crippen LogP contribution in [0.15, 0.2) is 41.0 Å². The number of benzene rings is 1. The molecule has 0 N–H and O–H groups in total. The van der Waals surface area contributed by atoms with Crippen LogP contribution in [0, 0.1) is 11.7 Å². The predicted octanol–water partition coefficient (Wildman–Crippen LogP) is 5.19. The topological polar surface area (TPSA) is 42.4 Å². The quantitative estimate of drug-likeness (QED) is 0.609. The highest BCUT2D eigenvalue weighted by Gasteiger charge is 2.43. The number of likely N-dealkylation sites (tertiary alicyclic amines) is 1. The fourth-order valence-corrected chi connectivity index (χ4v) is 3.33. The van der Waals surface area contributed by atoms with Crippen molar-refractivity contribution >= 4 is 21.8 Å². The molecule has 0 spiro atoms. The number of piperidine rings is 1. The molecule has 0 unspecified atom stereocenters. The highest BCUT2D eigenvalue weighted by molar-refractivity contribution is 9.10. The lowest BCUT2D eigenvalue weighted by molar-refractivity contribution is -0.184. The van der Waals surface area contributed by atoms with Gasteiger partial charge in [-0.15, -0.1) is 0 Å². The fourth-order valence-electron chi connectivity index (χ4n) is 2.90. The van der Waals surface area contributed by atoms with Gasteiger partial charge in [0.15, 0.2) is 0 Å². The van der Waals surface area contributed by atoms with E-state index in [9.17, 15) is 22.4 Å². The van der Waals surface area contributed by atoms with Crippen LogP contribution >= 0.6 is 15.9 Å². The van der Waals surface area contributed by atoms with Gasteiger partial charge in [-0.1, -0.05) is 0 Å². The van der Waals surface area contributed by atoms with Gasteiger partial charge in [-0.3, -0.25) is 4.79 Å². The Balaban J connectivity index is 1.83. The minimum absolute atomic E-state index is 0.00615. The van der Waals surface area contributed by atoms with E-state index in [-0.39, 0.29) is 36.6 Å². The molecule has 27 heavy (non-hydrogen) atoms. The number of nitrogens with zero attached hydrogens (tertiary/aromatic N) is 2. The molecule has 1 fully saturated rings. The summed E-state index contributed by atoms with van der Waals surface area (Å²) in [6.07, 6.45) is -2.66. The molecule has 0 saturated carbocycles. The van der Waals surface area contributed by atoms with E-state index >= 15 is 0 Å². The number of carbonyl (C=O) groups is 1. The Morgan fingerprint density at radius 3 is 2.78 bits per heavy atom. The van der Waals surface area contributed by atoms with Crippen molar-refractivity contribution in [1.82, 2.24) is 9.88 Å². The molecule has 1 atom stereocenters. The van der Waals surface area contributed by atoms with Gasteiger partial charge >= 0.3 is 6.18 Å². The van der Waals surface area contributed by atoms with Crippen LogP contribution in [0.2, 0.25) is 0 Å². The third-order valence-electron chi connectivity index (χ3n) is 4.27. The molecule has 1 saturated heterocycles. The molecular formula is C18H15BrF4N2O2. The van der Waals surface area contributed by atoms with Gasteiger partial charge in [0, 0.05) is 19.3 Å². The van der Waals surface area contributed by atoms with E-state index in [1.165, 1.54) is 41.4 Å². The average molecular weight is 447 g/mol. The molecular weight excluding hydrogens is 432 g/mol. The van der Waals surface area contributed by atoms with Crippen LogP contribution in [0.5, 0.6) is 11.6 Å². The Labute approximate surface area is 161 Å². The lowest BCUT2D eigenvalue weighted by Gasteiger charge is -2.33. The van der Waals surface area contributed by atoms with Crippen LogP contribution in [-0.4, -0.2) is 35.1 Å². The summed E-state index contributed by atoms with van der Waals surface area (Å²) >= 11 is 3.16. The molecule has 2 heterocycles. The van der Waals surface area contributed by atoms with Crippen LogP contribution in [0.3, 0.4) is 0 Å². The van der Waals surface area contributed by atoms with Gasteiger partial charge in [-0.25, -0.2) is 9.37 Å². The molecule has 1 aliphatic heterocycles. The summed E-state index contributed by atoms with van der Waals surface area (Å²) in [6.45, 7) is -0.156. The van der Waals surface area contributed by atoms with E-state index in [0.29, 0.717) is 4.47 Å². The summed E-state index contributed by atoms with van der Waals surface area (Å²) in [5.74, 6) is -2.41. The monoisotopic (exact) mass is 446 g/mol. The molecule has 1 amide bonds. The summed E-state index contributed by atoms with van der Waals surface area (Å²) < 4.78 is 58.2. The number of ether oxygens (including phenoxy) is 1. The molecule has 144 valence electrons. The smallest absolute Gasteiger partial charge is 0.393 e. The number of hydrogen-bond acceptors (Lipinski definition) is 3. The molecule has 1 aromatic carbocycles. The third kappa shape index (κ3) is 4.58. The van der Waals surface area contributed by atoms with Crippen molar-refractivity contribution < 1.29 is 27.1 Å². The maximum Gasteiger partial charge on any atom is 0.393 e. The number of carbonyl (C=O) groups excluding carboxylic acids is 1. The first kappa shape index (κ1) is 19.6. The number of alkyl halides is 3. The van der Waals surface area contributed by atoms with Crippen molar-refractivity contribution in [3.05, 3.63) is 52.4 Å². The van der Waals surface area contributed by atoms with Crippen LogP contribution in [-0.2, 0) is 0 Å². The first-order valence-electron chi connectivity index (χ1n) is 8.19. The van der Waals surface area contributed by atoms with Gasteiger partial charge in [-0.05, 0) is 59.1 Å². The Morgan fingerprint density at radius 2 is 2.07 bits per heavy atom. The van der Waals surface area contributed by atoms with E-state index in [1.807, 2.05) is 0 Å². The number of pyridine rings is 1. The second-order valence-electron chi connectivity index (χ2n) is 6.16. The van der Waals surface area contributed by atoms with Gasteiger partial charge in [0.25, 0.3) is 5.91 Å². The molecule has 0 bridgehead atoms. The molecule has 1 aromatic heterocycles. The summed E-state index contributed by atoms with van der Waals surface area (Å²) in [7, 11) is 0. The number of halogens is 5. The van der Waals surface area contributed by atoms with Crippen molar-refractivity contribution in [1.29, 1.82) is 0 Å². The number of rotatable bonds is 3. The van der Waals surface area contributed by atoms with Crippen molar-refractivity contribution in [3.63, 3.8) is 0 Å². The van der Waals surface area contributed by atoms with Gasteiger partial charge in [0.2, 0.25) is 5.88 Å². The van der Waals surface area contributed by atoms with E-state index in [4.69, 9.17) is 4.74 Å². The molecule has 0 aliphatic carbocycles. The standard InChI is InChI=1S/C18H15BrF4N2O2/c19-14-9-12(20)5-6-15(14)27-16-13(4-1-7-24-16)17(26)25-8-2-3-11(10-25)18(21,22)23/h1,4-7,9,11H,2-3,8,10H2/t11-/m0/s1. The molecule has 9 heteroatoms. The molecule has 0 radical (unpaired) electrons. The van der Waals surface area contributed by atoms with Crippen molar-refractivity contribution in [2.24, 2.45) is 5.92 Å². The molecule has 1 aliphatic rings. The average Bonchev–Trinajstić information content (AvgIpc) is 2.63. The van der Waals surface area contributed by atoms with Gasteiger partial charge in [0.05, 0.1) is 10.4 Å². The summed E-state index contributed by atoms with van der Waals surface area (Å²) in [5.41, 5.74) is 0.0524. The zero-order valence-electron chi connectivity index (χ0n) is 14.0. The van der Waals surface area contributed by atoms with Gasteiger partial charge < -0.3 is 9.64 Å². The Bertz CT molecular complexity index is 844. The highest BCUT2D eigenvalue weighted by atomic mass is 79.9. The first-order valence-corrected chi connectivity index (χ1v) is 8.99. The van der Waals surface area contributed by atoms with Gasteiger partial charge in [-0.2, -0.15) is 13.2 Å². The Kier molecular flexibility index (Phi) is 5.69. The zero-order valence-corrected chi connectivity index (χ0v) is 15.6. The minimum Gasteiger partial charge on any atom is -0.437 e. The van der Waals surface area contributed by atoms with E-state index in [1.54, 1.807) is 0 Å². The third-order valence-corrected chi connectivity index (χ3v) is 4.89. The number of amides is 1. The molecule has 4 nitrogen and oxygen atoms in total. The second kappa shape index (κ2) is 7.84. The zero-order chi connectivity index (χ0) is 19.6. The van der Waals surface area contributed by atoms with Crippen LogP contribution in [0.1, 0.15) is 23.2 Å². The largest absolute Gasteiger partial charge is 0.437 e. The lowest BCUT2D eigenvalue weighted by Crippen LogP contribution is -2.44. The normalized spacial score (nSPS) is 17.7. The first-order chi connectivity index (χ1) is 12.8. The SMILES string of the molecule is O=C(c1cccnc1Oc1ccc(F)cc1Br)N1CCC[C@H](C(F)(F)F)C1. The summed E-state index contributed by atoms with van der Waals surface area (Å²) in [5, 5.41) is 0. The fraction of sp³-hybridized carbons (Fsp3) is 0.333. The van der Waals surface area contributed by atoms with Crippen molar-refractivity contribution in [2.75, 3.05) is 13.1 Å². The van der Waals surface area contributed by atoms with Crippen molar-refractivity contribution in [3.8, 4) is 11.6 Å².